The fourth-order valence-corrected chi connectivity index (χ4v) is 1.53. The van der Waals surface area contributed by atoms with Crippen LogP contribution in [0, 0.1) is 0 Å². The van der Waals surface area contributed by atoms with Crippen LogP contribution in [0.15, 0.2) is 22.8 Å². The van der Waals surface area contributed by atoms with Crippen molar-refractivity contribution in [2.24, 2.45) is 5.73 Å². The first-order chi connectivity index (χ1) is 8.65. The first kappa shape index (κ1) is 14.7. The first-order valence-electron chi connectivity index (χ1n) is 5.89. The lowest BCUT2D eigenvalue weighted by Gasteiger charge is -2.22. The monoisotopic (exact) mass is 255 g/mol. The molecule has 0 radical (unpaired) electrons. The molecule has 18 heavy (non-hydrogen) atoms. The number of nitrogens with one attached hydrogen (secondary N) is 1. The number of carbonyl (C=O) groups is 1. The van der Waals surface area contributed by atoms with Crippen LogP contribution in [0.3, 0.4) is 0 Å². The third-order valence-electron chi connectivity index (χ3n) is 2.48. The largest absolute Gasteiger partial charge is 0.468 e. The predicted molar refractivity (Wildman–Crippen MR) is 68.0 cm³/mol. The Morgan fingerprint density at radius 2 is 2.39 bits per heavy atom. The molecule has 1 atom stereocenters. The number of amides is 1. The molecule has 1 amide bonds. The van der Waals surface area contributed by atoms with E-state index in [9.17, 15) is 4.79 Å². The highest BCUT2D eigenvalue weighted by Gasteiger charge is 2.17. The summed E-state index contributed by atoms with van der Waals surface area (Å²) in [5.41, 5.74) is 5.27. The van der Waals surface area contributed by atoms with Crippen LogP contribution in [-0.2, 0) is 9.53 Å². The molecular formula is C12H21N3O3. The third-order valence-corrected chi connectivity index (χ3v) is 2.48. The van der Waals surface area contributed by atoms with E-state index in [4.69, 9.17) is 14.9 Å². The van der Waals surface area contributed by atoms with Crippen LogP contribution in [0.25, 0.3) is 0 Å². The highest BCUT2D eigenvalue weighted by Crippen LogP contribution is 2.17. The number of carbonyl (C=O) groups excluding carboxylic acids is 1. The van der Waals surface area contributed by atoms with E-state index in [0.29, 0.717) is 19.7 Å². The van der Waals surface area contributed by atoms with Gasteiger partial charge >= 0.3 is 0 Å². The van der Waals surface area contributed by atoms with E-state index in [1.165, 1.54) is 0 Å². The van der Waals surface area contributed by atoms with Crippen molar-refractivity contribution in [1.82, 2.24) is 10.2 Å². The van der Waals surface area contributed by atoms with Crippen LogP contribution in [0.2, 0.25) is 0 Å². The molecule has 0 aliphatic rings. The van der Waals surface area contributed by atoms with Crippen LogP contribution in [0.4, 0.5) is 0 Å². The first-order valence-corrected chi connectivity index (χ1v) is 5.89. The molecule has 6 nitrogen and oxygen atoms in total. The molecule has 6 heteroatoms. The van der Waals surface area contributed by atoms with Crippen molar-refractivity contribution in [2.45, 2.75) is 6.04 Å². The van der Waals surface area contributed by atoms with E-state index in [2.05, 4.69) is 5.32 Å². The summed E-state index contributed by atoms with van der Waals surface area (Å²) in [6, 6.07) is 3.73. The Kier molecular flexibility index (Phi) is 6.42. The highest BCUT2D eigenvalue weighted by molar-refractivity contribution is 5.77. The van der Waals surface area contributed by atoms with Gasteiger partial charge in [0, 0.05) is 13.1 Å². The van der Waals surface area contributed by atoms with Crippen molar-refractivity contribution in [2.75, 3.05) is 40.4 Å². The fourth-order valence-electron chi connectivity index (χ4n) is 1.53. The van der Waals surface area contributed by atoms with E-state index in [1.807, 2.05) is 31.1 Å². The number of nitrogens with two attached hydrogens (primary N) is 1. The van der Waals surface area contributed by atoms with Crippen LogP contribution < -0.4 is 11.1 Å². The van der Waals surface area contributed by atoms with Gasteiger partial charge in [0.25, 0.3) is 0 Å². The Morgan fingerprint density at radius 3 is 2.94 bits per heavy atom. The zero-order valence-corrected chi connectivity index (χ0v) is 10.9. The van der Waals surface area contributed by atoms with Gasteiger partial charge < -0.3 is 20.2 Å². The molecule has 1 heterocycles. The maximum Gasteiger partial charge on any atom is 0.246 e. The summed E-state index contributed by atoms with van der Waals surface area (Å²) in [5.74, 6) is 0.671. The molecule has 3 N–H and O–H groups in total. The van der Waals surface area contributed by atoms with Crippen molar-refractivity contribution in [3.63, 3.8) is 0 Å². The minimum absolute atomic E-state index is 0.0125. The lowest BCUT2D eigenvalue weighted by Crippen LogP contribution is -2.36. The van der Waals surface area contributed by atoms with Crippen molar-refractivity contribution < 1.29 is 13.9 Å². The number of hydrogen-bond donors (Lipinski definition) is 2. The third kappa shape index (κ3) is 4.87. The molecule has 0 bridgehead atoms. The van der Waals surface area contributed by atoms with Crippen molar-refractivity contribution in [3.05, 3.63) is 24.2 Å². The quantitative estimate of drug-likeness (QED) is 0.638. The van der Waals surface area contributed by atoms with Crippen LogP contribution >= 0.6 is 0 Å². The lowest BCUT2D eigenvalue weighted by atomic mass is 10.2. The summed E-state index contributed by atoms with van der Waals surface area (Å²) in [7, 11) is 3.87. The van der Waals surface area contributed by atoms with Crippen molar-refractivity contribution >= 4 is 5.91 Å². The topological polar surface area (TPSA) is 80.7 Å². The zero-order valence-electron chi connectivity index (χ0n) is 10.9. The second kappa shape index (κ2) is 7.86. The molecule has 0 saturated heterocycles. The summed E-state index contributed by atoms with van der Waals surface area (Å²) in [6.07, 6.45) is 1.62. The summed E-state index contributed by atoms with van der Waals surface area (Å²) >= 11 is 0. The van der Waals surface area contributed by atoms with E-state index >= 15 is 0 Å². The normalized spacial score (nSPS) is 12.7. The second-order valence-electron chi connectivity index (χ2n) is 4.14. The van der Waals surface area contributed by atoms with Gasteiger partial charge in [0.05, 0.1) is 18.9 Å². The van der Waals surface area contributed by atoms with Crippen molar-refractivity contribution in [1.29, 1.82) is 0 Å². The van der Waals surface area contributed by atoms with Gasteiger partial charge in [-0.2, -0.15) is 0 Å². The highest BCUT2D eigenvalue weighted by atomic mass is 16.5. The average molecular weight is 255 g/mol. The molecule has 0 aromatic carbocycles. The molecule has 1 rings (SSSR count). The Hall–Kier alpha value is -1.37. The van der Waals surface area contributed by atoms with Gasteiger partial charge in [-0.1, -0.05) is 0 Å². The van der Waals surface area contributed by atoms with Crippen molar-refractivity contribution in [3.8, 4) is 0 Å². The van der Waals surface area contributed by atoms with E-state index in [0.717, 1.165) is 5.76 Å². The van der Waals surface area contributed by atoms with Crippen LogP contribution in [0.1, 0.15) is 11.8 Å². The van der Waals surface area contributed by atoms with Crippen LogP contribution in [-0.4, -0.2) is 51.2 Å². The van der Waals surface area contributed by atoms with Gasteiger partial charge in [-0.3, -0.25) is 9.69 Å². The summed E-state index contributed by atoms with van der Waals surface area (Å²) in [4.78, 5) is 13.5. The number of rotatable bonds is 8. The zero-order chi connectivity index (χ0) is 13.4. The maximum absolute atomic E-state index is 11.5. The molecule has 0 aliphatic carbocycles. The molecule has 0 aliphatic heterocycles. The Labute approximate surface area is 107 Å². The second-order valence-corrected chi connectivity index (χ2v) is 4.14. The Balaban J connectivity index is 2.37. The minimum atomic E-state index is -0.151. The van der Waals surface area contributed by atoms with E-state index in [-0.39, 0.29) is 18.6 Å². The lowest BCUT2D eigenvalue weighted by molar-refractivity contribution is -0.125. The maximum atomic E-state index is 11.5. The Morgan fingerprint density at radius 1 is 1.61 bits per heavy atom. The molecular weight excluding hydrogens is 234 g/mol. The minimum Gasteiger partial charge on any atom is -0.468 e. The van der Waals surface area contributed by atoms with E-state index < -0.39 is 0 Å². The van der Waals surface area contributed by atoms with Gasteiger partial charge in [0.1, 0.15) is 12.4 Å². The number of likely N-dealkylation sites (N-methyl/N-ethyl adjacent to an activating group) is 1. The van der Waals surface area contributed by atoms with Crippen LogP contribution in [0.5, 0.6) is 0 Å². The number of furan rings is 1. The van der Waals surface area contributed by atoms with Gasteiger partial charge in [-0.05, 0) is 26.2 Å². The number of hydrogen-bond acceptors (Lipinski definition) is 5. The van der Waals surface area contributed by atoms with Gasteiger partial charge in [-0.25, -0.2) is 0 Å². The molecule has 1 aromatic rings. The standard InChI is InChI=1S/C12H21N3O3/c1-15(2)10(11-4-3-6-18-11)8-14-12(16)9-17-7-5-13/h3-4,6,10H,5,7-9,13H2,1-2H3,(H,14,16). The molecule has 0 saturated carbocycles. The number of ether oxygens (including phenoxy) is 1. The molecule has 102 valence electrons. The molecule has 1 aromatic heterocycles. The summed E-state index contributed by atoms with van der Waals surface area (Å²) < 4.78 is 10.4. The van der Waals surface area contributed by atoms with Gasteiger partial charge in [-0.15, -0.1) is 0 Å². The summed E-state index contributed by atoms with van der Waals surface area (Å²) in [5, 5.41) is 2.80. The molecule has 0 spiro atoms. The SMILES string of the molecule is CN(C)C(CNC(=O)COCCN)c1ccco1. The Bertz CT molecular complexity index is 338. The molecule has 1 unspecified atom stereocenters. The van der Waals surface area contributed by atoms with E-state index in [1.54, 1.807) is 6.26 Å². The molecule has 0 fully saturated rings. The van der Waals surface area contributed by atoms with Gasteiger partial charge in [0.2, 0.25) is 5.91 Å². The van der Waals surface area contributed by atoms with Gasteiger partial charge in [0.15, 0.2) is 0 Å². The number of nitrogens with zero attached hydrogens (tertiary/aromatic N) is 1. The summed E-state index contributed by atoms with van der Waals surface area (Å²) in [6.45, 7) is 1.32. The predicted octanol–water partition coefficient (Wildman–Crippen LogP) is -0.0262. The average Bonchev–Trinajstić information content (AvgIpc) is 2.83. The smallest absolute Gasteiger partial charge is 0.246 e. The fraction of sp³-hybridized carbons (Fsp3) is 0.583.